The molecular formula is C17H19N3Na2O8P2S. The first kappa shape index (κ1) is 30.9. The molecule has 4 N–H and O–H groups in total. The number of fused-ring (bicyclic) bond motifs is 1. The second kappa shape index (κ2) is 11.7. The van der Waals surface area contributed by atoms with Crippen LogP contribution < -0.4 is 84.1 Å². The van der Waals surface area contributed by atoms with E-state index < -0.39 is 31.5 Å². The molecule has 3 aromatic rings. The summed E-state index contributed by atoms with van der Waals surface area (Å²) in [7, 11) is -7.81. The van der Waals surface area contributed by atoms with Crippen molar-refractivity contribution in [1.29, 1.82) is 0 Å². The molecule has 168 valence electrons. The Hall–Kier alpha value is -0.170. The molecule has 0 aliphatic rings. The van der Waals surface area contributed by atoms with Gasteiger partial charge in [-0.15, -0.1) is 0 Å². The number of phenols is 1. The summed E-state index contributed by atoms with van der Waals surface area (Å²) in [6.45, 7) is 0. The van der Waals surface area contributed by atoms with E-state index in [0.717, 1.165) is 16.0 Å². The molecule has 0 aliphatic heterocycles. The van der Waals surface area contributed by atoms with Gasteiger partial charge in [-0.25, -0.2) is 4.68 Å². The molecule has 33 heavy (non-hydrogen) atoms. The summed E-state index contributed by atoms with van der Waals surface area (Å²) >= 11 is 0.765. The van der Waals surface area contributed by atoms with E-state index in [4.69, 9.17) is 0 Å². The van der Waals surface area contributed by atoms with Gasteiger partial charge >= 0.3 is 64.0 Å². The molecule has 0 saturated carbocycles. The summed E-state index contributed by atoms with van der Waals surface area (Å²) in [5, 5.41) is 7.08. The number of nitrogens with one attached hydrogen (secondary N) is 1. The number of aromatic nitrogens is 1. The van der Waals surface area contributed by atoms with E-state index in [-0.39, 0.29) is 75.9 Å². The SMILES string of the molecule is CN(C)c1ccc(C(Nn2c(=O)sc3ccc(O)cc32)C(P(=O)([O-])O)P(=O)([O-])O)cc1.[Na+].[Na+]. The van der Waals surface area contributed by atoms with Crippen LogP contribution in [0.4, 0.5) is 5.69 Å². The van der Waals surface area contributed by atoms with Crippen LogP contribution in [0.3, 0.4) is 0 Å². The predicted molar refractivity (Wildman–Crippen MR) is 114 cm³/mol. The Kier molecular flexibility index (Phi) is 11.0. The summed E-state index contributed by atoms with van der Waals surface area (Å²) < 4.78 is 25.2. The average Bonchev–Trinajstić information content (AvgIpc) is 2.94. The Morgan fingerprint density at radius 1 is 1.03 bits per heavy atom. The molecule has 1 aromatic heterocycles. The summed E-state index contributed by atoms with van der Waals surface area (Å²) in [6, 6.07) is 8.24. The van der Waals surface area contributed by atoms with Crippen molar-refractivity contribution in [2.45, 2.75) is 11.4 Å². The summed E-state index contributed by atoms with van der Waals surface area (Å²) in [5.74, 6) is -0.183. The number of thiazole rings is 1. The monoisotopic (exact) mass is 533 g/mol. The quantitative estimate of drug-likeness (QED) is 0.169. The molecule has 0 saturated heterocycles. The fourth-order valence-electron chi connectivity index (χ4n) is 3.12. The number of hydrogen-bond acceptors (Lipinski definition) is 9. The van der Waals surface area contributed by atoms with Gasteiger partial charge in [0.1, 0.15) is 26.3 Å². The molecule has 16 heteroatoms. The third kappa shape index (κ3) is 7.17. The van der Waals surface area contributed by atoms with E-state index >= 15 is 0 Å². The Morgan fingerprint density at radius 2 is 1.58 bits per heavy atom. The smallest absolute Gasteiger partial charge is 0.778 e. The Labute approximate surface area is 237 Å². The number of hydrogen-bond donors (Lipinski definition) is 4. The van der Waals surface area contributed by atoms with Crippen molar-refractivity contribution in [3.63, 3.8) is 0 Å². The number of benzene rings is 2. The van der Waals surface area contributed by atoms with Crippen molar-refractivity contribution in [3.8, 4) is 5.75 Å². The van der Waals surface area contributed by atoms with E-state index in [1.54, 1.807) is 31.1 Å². The van der Waals surface area contributed by atoms with Crippen molar-refractivity contribution in [2.75, 3.05) is 24.4 Å². The molecule has 0 bridgehead atoms. The number of nitrogens with zero attached hydrogens (tertiary/aromatic N) is 2. The third-order valence-corrected chi connectivity index (χ3v) is 9.17. The van der Waals surface area contributed by atoms with Gasteiger partial charge in [0, 0.05) is 25.8 Å². The molecular weight excluding hydrogens is 514 g/mol. The first-order valence-corrected chi connectivity index (χ1v) is 12.9. The van der Waals surface area contributed by atoms with Gasteiger partial charge in [0.15, 0.2) is 0 Å². The van der Waals surface area contributed by atoms with Gasteiger partial charge in [0.2, 0.25) is 0 Å². The first-order valence-electron chi connectivity index (χ1n) is 8.74. The van der Waals surface area contributed by atoms with Gasteiger partial charge in [-0.1, -0.05) is 23.5 Å². The largest absolute Gasteiger partial charge is 1.00 e. The molecule has 3 rings (SSSR count). The van der Waals surface area contributed by atoms with Crippen molar-refractivity contribution >= 4 is 42.4 Å². The second-order valence-electron chi connectivity index (χ2n) is 6.99. The van der Waals surface area contributed by atoms with Crippen LogP contribution in [0.2, 0.25) is 0 Å². The normalized spacial score (nSPS) is 16.4. The minimum Gasteiger partial charge on any atom is -0.778 e. The number of anilines is 1. The van der Waals surface area contributed by atoms with Gasteiger partial charge < -0.3 is 44.1 Å². The van der Waals surface area contributed by atoms with Crippen LogP contribution in [-0.2, 0) is 9.13 Å². The molecule has 0 radical (unpaired) electrons. The molecule has 0 fully saturated rings. The molecule has 3 unspecified atom stereocenters. The maximum Gasteiger partial charge on any atom is 1.00 e. The minimum atomic E-state index is -5.66. The number of rotatable bonds is 7. The van der Waals surface area contributed by atoms with Crippen molar-refractivity contribution < 1.29 is 92.9 Å². The molecule has 2 aromatic carbocycles. The van der Waals surface area contributed by atoms with Crippen molar-refractivity contribution in [1.82, 2.24) is 4.68 Å². The van der Waals surface area contributed by atoms with E-state index in [0.29, 0.717) is 10.4 Å². The summed E-state index contributed by atoms with van der Waals surface area (Å²) in [4.78, 5) is 56.8. The predicted octanol–water partition coefficient (Wildman–Crippen LogP) is -5.46. The molecule has 0 aliphatic carbocycles. The van der Waals surface area contributed by atoms with Crippen LogP contribution >= 0.6 is 26.5 Å². The Morgan fingerprint density at radius 3 is 2.06 bits per heavy atom. The molecule has 3 atom stereocenters. The van der Waals surface area contributed by atoms with Crippen LogP contribution in [0, 0.1) is 0 Å². The molecule has 1 heterocycles. The average molecular weight is 533 g/mol. The van der Waals surface area contributed by atoms with Gasteiger partial charge in [-0.3, -0.25) is 4.79 Å². The molecule has 0 spiro atoms. The van der Waals surface area contributed by atoms with E-state index in [1.165, 1.54) is 30.3 Å². The minimum absolute atomic E-state index is 0. The zero-order chi connectivity index (χ0) is 23.1. The third-order valence-electron chi connectivity index (χ3n) is 4.57. The van der Waals surface area contributed by atoms with E-state index in [2.05, 4.69) is 5.43 Å². The second-order valence-corrected chi connectivity index (χ2v) is 11.8. The van der Waals surface area contributed by atoms with Gasteiger partial charge in [-0.05, 0) is 29.8 Å². The number of phenolic OH excluding ortho intramolecular Hbond substituents is 1. The Balaban J connectivity index is 0.00000272. The fourth-order valence-corrected chi connectivity index (χ4v) is 6.65. The van der Waals surface area contributed by atoms with Crippen molar-refractivity contribution in [2.24, 2.45) is 0 Å². The topological polar surface area (TPSA) is 178 Å². The van der Waals surface area contributed by atoms with E-state index in [1.807, 2.05) is 0 Å². The van der Waals surface area contributed by atoms with Crippen LogP contribution in [0.1, 0.15) is 11.6 Å². The van der Waals surface area contributed by atoms with E-state index in [9.17, 15) is 38.6 Å². The number of aromatic hydroxyl groups is 1. The van der Waals surface area contributed by atoms with Crippen LogP contribution in [-0.4, -0.2) is 39.1 Å². The zero-order valence-corrected chi connectivity index (χ0v) is 24.9. The standard InChI is InChI=1S/C17H21N3O8P2S.2Na/c1-19(2)11-5-3-10(4-6-11)15(16(29(23,24)25)30(26,27)28)18-20-13-9-12(21)7-8-14(13)31-17(20)22;;/h3-9,15-16,18,21H,1-2H3,(H2,23,24,25)(H2,26,27,28);;/q;2*+1/p-2. The maximum absolute atomic E-state index is 12.5. The fraction of sp³-hybridized carbons (Fsp3) is 0.235. The van der Waals surface area contributed by atoms with Crippen LogP contribution in [0.15, 0.2) is 47.3 Å². The molecule has 11 nitrogen and oxygen atoms in total. The summed E-state index contributed by atoms with van der Waals surface area (Å²) in [5.41, 5.74) is 3.44. The van der Waals surface area contributed by atoms with Gasteiger partial charge in [-0.2, -0.15) is 0 Å². The zero-order valence-electron chi connectivity index (χ0n) is 18.3. The van der Waals surface area contributed by atoms with Crippen molar-refractivity contribution in [3.05, 3.63) is 57.7 Å². The van der Waals surface area contributed by atoms with Gasteiger partial charge in [0.25, 0.3) is 0 Å². The molecule has 0 amide bonds. The maximum atomic E-state index is 12.5. The first-order chi connectivity index (χ1) is 14.3. The Bertz CT molecular complexity index is 1230. The van der Waals surface area contributed by atoms with Crippen LogP contribution in [0.5, 0.6) is 5.75 Å². The van der Waals surface area contributed by atoms with Crippen LogP contribution in [0.25, 0.3) is 10.2 Å². The summed E-state index contributed by atoms with van der Waals surface area (Å²) in [6.07, 6.45) is 0. The van der Waals surface area contributed by atoms with Gasteiger partial charge in [0.05, 0.1) is 16.3 Å².